The van der Waals surface area contributed by atoms with Gasteiger partial charge < -0.3 is 9.73 Å². The molecule has 0 saturated heterocycles. The maximum atomic E-state index is 12.1. The van der Waals surface area contributed by atoms with Gasteiger partial charge in [-0.25, -0.2) is 8.78 Å². The summed E-state index contributed by atoms with van der Waals surface area (Å²) in [5, 5.41) is 3.18. The van der Waals surface area contributed by atoms with E-state index in [9.17, 15) is 8.78 Å². The average Bonchev–Trinajstić information content (AvgIpc) is 2.61. The summed E-state index contributed by atoms with van der Waals surface area (Å²) in [6.07, 6.45) is -0.713. The fraction of sp³-hybridized carbons (Fsp3) is 0.636. The number of rotatable bonds is 7. The largest absolute Gasteiger partial charge is 0.468 e. The molecule has 0 amide bonds. The first kappa shape index (κ1) is 13.1. The molecule has 1 aromatic rings. The van der Waals surface area contributed by atoms with E-state index >= 15 is 0 Å². The van der Waals surface area contributed by atoms with E-state index in [2.05, 4.69) is 5.32 Å². The van der Waals surface area contributed by atoms with Crippen molar-refractivity contribution in [2.24, 2.45) is 0 Å². The zero-order chi connectivity index (χ0) is 12.0. The molecule has 0 aliphatic heterocycles. The maximum absolute atomic E-state index is 12.1. The summed E-state index contributed by atoms with van der Waals surface area (Å²) in [5.74, 6) is 0.754. The van der Waals surface area contributed by atoms with Crippen LogP contribution in [0.3, 0.4) is 0 Å². The molecule has 0 radical (unpaired) electrons. The van der Waals surface area contributed by atoms with Gasteiger partial charge in [-0.2, -0.15) is 0 Å². The third kappa shape index (κ3) is 4.28. The molecule has 0 aromatic carbocycles. The Hall–Kier alpha value is -0.940. The number of nitrogens with zero attached hydrogens (tertiary/aromatic N) is 1. The Kier molecular flexibility index (Phi) is 5.42. The number of hydrogen-bond acceptors (Lipinski definition) is 3. The van der Waals surface area contributed by atoms with Crippen LogP contribution in [-0.2, 0) is 13.1 Å². The molecule has 3 nitrogen and oxygen atoms in total. The number of alkyl halides is 2. The van der Waals surface area contributed by atoms with Crippen molar-refractivity contribution < 1.29 is 13.2 Å². The van der Waals surface area contributed by atoms with Crippen molar-refractivity contribution in [3.05, 3.63) is 23.7 Å². The summed E-state index contributed by atoms with van der Waals surface area (Å²) >= 11 is 0. The highest BCUT2D eigenvalue weighted by atomic mass is 19.3. The van der Waals surface area contributed by atoms with Crippen molar-refractivity contribution in [1.29, 1.82) is 0 Å². The van der Waals surface area contributed by atoms with Gasteiger partial charge >= 0.3 is 0 Å². The summed E-state index contributed by atoms with van der Waals surface area (Å²) < 4.78 is 29.6. The maximum Gasteiger partial charge on any atom is 0.251 e. The molecule has 0 atom stereocenters. The monoisotopic (exact) mass is 232 g/mol. The molecule has 0 bridgehead atoms. The molecule has 1 rings (SSSR count). The van der Waals surface area contributed by atoms with E-state index in [4.69, 9.17) is 4.42 Å². The Morgan fingerprint density at radius 1 is 1.50 bits per heavy atom. The Morgan fingerprint density at radius 2 is 2.25 bits per heavy atom. The third-order valence-electron chi connectivity index (χ3n) is 2.27. The quantitative estimate of drug-likeness (QED) is 0.780. The second-order valence-electron chi connectivity index (χ2n) is 3.74. The normalized spacial score (nSPS) is 11.6. The van der Waals surface area contributed by atoms with Crippen LogP contribution in [0.1, 0.15) is 18.2 Å². The molecule has 1 heterocycles. The van der Waals surface area contributed by atoms with Gasteiger partial charge in [-0.3, -0.25) is 4.90 Å². The predicted molar refractivity (Wildman–Crippen MR) is 58.4 cm³/mol. The first-order valence-corrected chi connectivity index (χ1v) is 5.36. The highest BCUT2D eigenvalue weighted by Gasteiger charge is 2.12. The van der Waals surface area contributed by atoms with Gasteiger partial charge in [-0.1, -0.05) is 6.92 Å². The Balaban J connectivity index is 2.49. The van der Waals surface area contributed by atoms with Gasteiger partial charge in [0.15, 0.2) is 0 Å². The minimum absolute atomic E-state index is 0.235. The number of halogens is 2. The Labute approximate surface area is 94.4 Å². The fourth-order valence-corrected chi connectivity index (χ4v) is 1.47. The van der Waals surface area contributed by atoms with E-state index in [1.165, 1.54) is 0 Å². The van der Waals surface area contributed by atoms with Gasteiger partial charge in [0.05, 0.1) is 19.4 Å². The molecule has 0 aliphatic rings. The van der Waals surface area contributed by atoms with Crippen LogP contribution < -0.4 is 5.32 Å². The summed E-state index contributed by atoms with van der Waals surface area (Å²) in [4.78, 5) is 1.55. The molecule has 0 saturated carbocycles. The predicted octanol–water partition coefficient (Wildman–Crippen LogP) is 2.09. The Bertz CT molecular complexity index is 302. The first-order chi connectivity index (χ1) is 7.63. The van der Waals surface area contributed by atoms with Gasteiger partial charge in [-0.05, 0) is 19.7 Å². The highest BCUT2D eigenvalue weighted by molar-refractivity contribution is 5.16. The van der Waals surface area contributed by atoms with E-state index in [0.29, 0.717) is 13.1 Å². The number of hydrogen-bond donors (Lipinski definition) is 1. The molecular formula is C11H18F2N2O. The van der Waals surface area contributed by atoms with E-state index in [1.807, 2.05) is 13.0 Å². The molecule has 0 fully saturated rings. The SMILES string of the molecule is CCNCc1ccoc1CN(C)CC(F)F. The van der Waals surface area contributed by atoms with Gasteiger partial charge in [0, 0.05) is 12.1 Å². The van der Waals surface area contributed by atoms with Gasteiger partial charge in [0.1, 0.15) is 5.76 Å². The lowest BCUT2D eigenvalue weighted by Gasteiger charge is -2.15. The molecule has 1 aromatic heterocycles. The summed E-state index contributed by atoms with van der Waals surface area (Å²) in [5.41, 5.74) is 1.03. The van der Waals surface area contributed by atoms with Crippen LogP contribution in [0.25, 0.3) is 0 Å². The van der Waals surface area contributed by atoms with Crippen LogP contribution >= 0.6 is 0 Å². The molecule has 1 N–H and O–H groups in total. The zero-order valence-corrected chi connectivity index (χ0v) is 9.67. The van der Waals surface area contributed by atoms with Crippen molar-refractivity contribution in [3.8, 4) is 0 Å². The van der Waals surface area contributed by atoms with Crippen LogP contribution in [0.15, 0.2) is 16.7 Å². The van der Waals surface area contributed by atoms with E-state index in [-0.39, 0.29) is 6.54 Å². The van der Waals surface area contributed by atoms with Crippen LogP contribution in [0, 0.1) is 0 Å². The lowest BCUT2D eigenvalue weighted by Crippen LogP contribution is -2.24. The molecule has 16 heavy (non-hydrogen) atoms. The third-order valence-corrected chi connectivity index (χ3v) is 2.27. The molecule has 92 valence electrons. The van der Waals surface area contributed by atoms with Crippen molar-refractivity contribution in [2.75, 3.05) is 20.1 Å². The molecule has 5 heteroatoms. The highest BCUT2D eigenvalue weighted by Crippen LogP contribution is 2.13. The average molecular weight is 232 g/mol. The van der Waals surface area contributed by atoms with Crippen molar-refractivity contribution in [3.63, 3.8) is 0 Å². The van der Waals surface area contributed by atoms with Gasteiger partial charge in [-0.15, -0.1) is 0 Å². The molecule has 0 unspecified atom stereocenters. The lowest BCUT2D eigenvalue weighted by atomic mass is 10.2. The second kappa shape index (κ2) is 6.60. The zero-order valence-electron chi connectivity index (χ0n) is 9.67. The minimum atomic E-state index is -2.31. The topological polar surface area (TPSA) is 28.4 Å². The molecule has 0 aliphatic carbocycles. The van der Waals surface area contributed by atoms with Crippen molar-refractivity contribution >= 4 is 0 Å². The summed E-state index contributed by atoms with van der Waals surface area (Å²) in [7, 11) is 1.66. The fourth-order valence-electron chi connectivity index (χ4n) is 1.47. The number of furan rings is 1. The molecule has 0 spiro atoms. The number of nitrogens with one attached hydrogen (secondary N) is 1. The summed E-state index contributed by atoms with van der Waals surface area (Å²) in [6, 6.07) is 1.87. The van der Waals surface area contributed by atoms with Crippen LogP contribution in [0.5, 0.6) is 0 Å². The smallest absolute Gasteiger partial charge is 0.251 e. The molecular weight excluding hydrogens is 214 g/mol. The van der Waals surface area contributed by atoms with Gasteiger partial charge in [0.2, 0.25) is 0 Å². The van der Waals surface area contributed by atoms with Crippen LogP contribution in [0.2, 0.25) is 0 Å². The van der Waals surface area contributed by atoms with Crippen LogP contribution in [0.4, 0.5) is 8.78 Å². The van der Waals surface area contributed by atoms with E-state index in [0.717, 1.165) is 17.9 Å². The standard InChI is InChI=1S/C11H18F2N2O/c1-3-14-6-9-4-5-16-10(9)7-15(2)8-11(12)13/h4-5,11,14H,3,6-8H2,1-2H3. The summed E-state index contributed by atoms with van der Waals surface area (Å²) in [6.45, 7) is 3.78. The second-order valence-corrected chi connectivity index (χ2v) is 3.74. The first-order valence-electron chi connectivity index (χ1n) is 5.36. The van der Waals surface area contributed by atoms with Crippen molar-refractivity contribution in [2.45, 2.75) is 26.4 Å². The lowest BCUT2D eigenvalue weighted by molar-refractivity contribution is 0.0944. The van der Waals surface area contributed by atoms with Crippen molar-refractivity contribution in [1.82, 2.24) is 10.2 Å². The Morgan fingerprint density at radius 3 is 2.88 bits per heavy atom. The van der Waals surface area contributed by atoms with Gasteiger partial charge in [0.25, 0.3) is 6.43 Å². The van der Waals surface area contributed by atoms with E-state index < -0.39 is 6.43 Å². The minimum Gasteiger partial charge on any atom is -0.468 e. The van der Waals surface area contributed by atoms with E-state index in [1.54, 1.807) is 18.2 Å². The van der Waals surface area contributed by atoms with Crippen LogP contribution in [-0.4, -0.2) is 31.5 Å².